The summed E-state index contributed by atoms with van der Waals surface area (Å²) in [5.74, 6) is 0.943. The maximum Gasteiger partial charge on any atom is 0.224 e. The highest BCUT2D eigenvalue weighted by Gasteiger charge is 2.17. The van der Waals surface area contributed by atoms with Crippen molar-refractivity contribution in [3.63, 3.8) is 0 Å². The van der Waals surface area contributed by atoms with Gasteiger partial charge in [-0.15, -0.1) is 0 Å². The second-order valence-electron chi connectivity index (χ2n) is 4.65. The maximum absolute atomic E-state index is 11.3. The third-order valence-electron chi connectivity index (χ3n) is 3.20. The molecule has 104 valence electrons. The molecule has 0 unspecified atom stereocenters. The van der Waals surface area contributed by atoms with Crippen molar-refractivity contribution >= 4 is 11.6 Å². The molecule has 0 saturated heterocycles. The molecule has 2 rings (SSSR count). The standard InChI is InChI=1S/C14H20N2O3/c17-14-8-7-11-12(16-14)5-4-6-13(11)19-10-3-1-2-9-15-18/h4-6,15,18H,1-3,7-10H2,(H,16,17). The normalized spacial score (nSPS) is 13.8. The van der Waals surface area contributed by atoms with Gasteiger partial charge in [-0.05, 0) is 37.8 Å². The highest BCUT2D eigenvalue weighted by molar-refractivity contribution is 5.94. The van der Waals surface area contributed by atoms with Crippen LogP contribution in [0, 0.1) is 0 Å². The van der Waals surface area contributed by atoms with Gasteiger partial charge in [-0.25, -0.2) is 5.48 Å². The topological polar surface area (TPSA) is 70.6 Å². The molecule has 1 aliphatic heterocycles. The number of anilines is 1. The molecule has 0 bridgehead atoms. The molecular weight excluding hydrogens is 244 g/mol. The largest absolute Gasteiger partial charge is 0.493 e. The summed E-state index contributed by atoms with van der Waals surface area (Å²) >= 11 is 0. The van der Waals surface area contributed by atoms with Crippen molar-refractivity contribution in [1.82, 2.24) is 5.48 Å². The van der Waals surface area contributed by atoms with Crippen LogP contribution in [0.2, 0.25) is 0 Å². The van der Waals surface area contributed by atoms with Crippen LogP contribution in [0.25, 0.3) is 0 Å². The van der Waals surface area contributed by atoms with E-state index in [0.29, 0.717) is 19.6 Å². The van der Waals surface area contributed by atoms with Gasteiger partial charge in [0.05, 0.1) is 6.61 Å². The lowest BCUT2D eigenvalue weighted by atomic mass is 10.0. The summed E-state index contributed by atoms with van der Waals surface area (Å²) in [5.41, 5.74) is 4.11. The van der Waals surface area contributed by atoms with Crippen LogP contribution in [0.5, 0.6) is 5.75 Å². The number of rotatable bonds is 7. The van der Waals surface area contributed by atoms with Crippen LogP contribution in [0.3, 0.4) is 0 Å². The Balaban J connectivity index is 1.84. The van der Waals surface area contributed by atoms with E-state index in [4.69, 9.17) is 9.94 Å². The van der Waals surface area contributed by atoms with Gasteiger partial charge in [-0.2, -0.15) is 0 Å². The molecule has 19 heavy (non-hydrogen) atoms. The van der Waals surface area contributed by atoms with Crippen molar-refractivity contribution in [1.29, 1.82) is 0 Å². The molecule has 0 aromatic heterocycles. The monoisotopic (exact) mass is 264 g/mol. The maximum atomic E-state index is 11.3. The molecule has 0 atom stereocenters. The summed E-state index contributed by atoms with van der Waals surface area (Å²) in [6, 6.07) is 5.76. The van der Waals surface area contributed by atoms with Crippen LogP contribution in [0.1, 0.15) is 31.2 Å². The Morgan fingerprint density at radius 2 is 2.16 bits per heavy atom. The second kappa shape index (κ2) is 7.11. The van der Waals surface area contributed by atoms with Gasteiger partial charge < -0.3 is 15.3 Å². The minimum Gasteiger partial charge on any atom is -0.493 e. The van der Waals surface area contributed by atoms with E-state index in [0.717, 1.165) is 42.7 Å². The Hall–Kier alpha value is -1.59. The number of unbranched alkanes of at least 4 members (excludes halogenated alkanes) is 2. The van der Waals surface area contributed by atoms with Crippen LogP contribution in [0.4, 0.5) is 5.69 Å². The van der Waals surface area contributed by atoms with Crippen LogP contribution in [-0.2, 0) is 11.2 Å². The minimum absolute atomic E-state index is 0.0705. The summed E-state index contributed by atoms with van der Waals surface area (Å²) in [4.78, 5) is 11.3. The minimum atomic E-state index is 0.0705. The van der Waals surface area contributed by atoms with Gasteiger partial charge in [0.25, 0.3) is 0 Å². The van der Waals surface area contributed by atoms with E-state index in [2.05, 4.69) is 10.8 Å². The number of carbonyl (C=O) groups is 1. The zero-order valence-corrected chi connectivity index (χ0v) is 10.9. The Labute approximate surface area is 112 Å². The number of ether oxygens (including phenoxy) is 1. The molecule has 0 aliphatic carbocycles. The third kappa shape index (κ3) is 3.94. The lowest BCUT2D eigenvalue weighted by molar-refractivity contribution is -0.116. The molecule has 1 aliphatic rings. The SMILES string of the molecule is O=C1CCc2c(cccc2OCCCCCNO)N1. The number of hydrogen-bond donors (Lipinski definition) is 3. The number of fused-ring (bicyclic) bond motifs is 1. The van der Waals surface area contributed by atoms with Crippen molar-refractivity contribution < 1.29 is 14.7 Å². The molecule has 1 amide bonds. The molecule has 1 aromatic carbocycles. The van der Waals surface area contributed by atoms with Crippen LogP contribution in [0.15, 0.2) is 18.2 Å². The number of hydroxylamine groups is 1. The van der Waals surface area contributed by atoms with Crippen molar-refractivity contribution in [3.8, 4) is 5.75 Å². The molecule has 5 heteroatoms. The lowest BCUT2D eigenvalue weighted by Gasteiger charge is -2.20. The number of benzene rings is 1. The van der Waals surface area contributed by atoms with Gasteiger partial charge in [-0.1, -0.05) is 6.07 Å². The van der Waals surface area contributed by atoms with E-state index in [9.17, 15) is 4.79 Å². The quantitative estimate of drug-likeness (QED) is 0.521. The predicted molar refractivity (Wildman–Crippen MR) is 72.5 cm³/mol. The Morgan fingerprint density at radius 3 is 3.00 bits per heavy atom. The van der Waals surface area contributed by atoms with Gasteiger partial charge in [0.2, 0.25) is 5.91 Å². The first-order valence-corrected chi connectivity index (χ1v) is 6.73. The zero-order chi connectivity index (χ0) is 13.5. The average Bonchev–Trinajstić information content (AvgIpc) is 2.42. The van der Waals surface area contributed by atoms with E-state index in [-0.39, 0.29) is 5.91 Å². The van der Waals surface area contributed by atoms with Gasteiger partial charge in [0, 0.05) is 24.2 Å². The number of nitrogens with one attached hydrogen (secondary N) is 2. The van der Waals surface area contributed by atoms with Crippen molar-refractivity contribution in [2.75, 3.05) is 18.5 Å². The highest BCUT2D eigenvalue weighted by atomic mass is 16.5. The first kappa shape index (κ1) is 13.8. The summed E-state index contributed by atoms with van der Waals surface area (Å²) in [6.07, 6.45) is 4.17. The molecule has 0 fully saturated rings. The van der Waals surface area contributed by atoms with Crippen LogP contribution < -0.4 is 15.5 Å². The van der Waals surface area contributed by atoms with E-state index in [1.54, 1.807) is 0 Å². The van der Waals surface area contributed by atoms with E-state index in [1.165, 1.54) is 0 Å². The van der Waals surface area contributed by atoms with Crippen molar-refractivity contribution in [3.05, 3.63) is 23.8 Å². The van der Waals surface area contributed by atoms with Crippen LogP contribution >= 0.6 is 0 Å². The lowest BCUT2D eigenvalue weighted by Crippen LogP contribution is -2.19. The fourth-order valence-corrected chi connectivity index (χ4v) is 2.19. The van der Waals surface area contributed by atoms with Crippen molar-refractivity contribution in [2.45, 2.75) is 32.1 Å². The van der Waals surface area contributed by atoms with Gasteiger partial charge in [0.15, 0.2) is 0 Å². The molecule has 1 aromatic rings. The summed E-state index contributed by atoms with van der Waals surface area (Å²) in [7, 11) is 0. The Kier molecular flexibility index (Phi) is 5.18. The highest BCUT2D eigenvalue weighted by Crippen LogP contribution is 2.31. The van der Waals surface area contributed by atoms with Gasteiger partial charge in [0.1, 0.15) is 5.75 Å². The van der Waals surface area contributed by atoms with Gasteiger partial charge in [-0.3, -0.25) is 4.79 Å². The Bertz CT molecular complexity index is 435. The number of amides is 1. The zero-order valence-electron chi connectivity index (χ0n) is 10.9. The summed E-state index contributed by atoms with van der Waals surface area (Å²) in [5, 5.41) is 11.3. The first-order valence-electron chi connectivity index (χ1n) is 6.73. The predicted octanol–water partition coefficient (Wildman–Crippen LogP) is 2.10. The molecule has 3 N–H and O–H groups in total. The van der Waals surface area contributed by atoms with Crippen molar-refractivity contribution in [2.24, 2.45) is 0 Å². The molecule has 5 nitrogen and oxygen atoms in total. The Morgan fingerprint density at radius 1 is 1.26 bits per heavy atom. The number of carbonyl (C=O) groups excluding carboxylic acids is 1. The molecule has 0 saturated carbocycles. The molecule has 0 spiro atoms. The molecule has 0 radical (unpaired) electrons. The smallest absolute Gasteiger partial charge is 0.224 e. The van der Waals surface area contributed by atoms with Crippen LogP contribution in [-0.4, -0.2) is 24.3 Å². The number of hydrogen-bond acceptors (Lipinski definition) is 4. The summed E-state index contributed by atoms with van der Waals surface area (Å²) < 4.78 is 5.79. The van der Waals surface area contributed by atoms with E-state index >= 15 is 0 Å². The average molecular weight is 264 g/mol. The fourth-order valence-electron chi connectivity index (χ4n) is 2.19. The van der Waals surface area contributed by atoms with E-state index < -0.39 is 0 Å². The third-order valence-corrected chi connectivity index (χ3v) is 3.20. The molecule has 1 heterocycles. The first-order chi connectivity index (χ1) is 9.31. The fraction of sp³-hybridized carbons (Fsp3) is 0.500. The second-order valence-corrected chi connectivity index (χ2v) is 4.65. The molecular formula is C14H20N2O3. The van der Waals surface area contributed by atoms with E-state index in [1.807, 2.05) is 18.2 Å². The summed E-state index contributed by atoms with van der Waals surface area (Å²) in [6.45, 7) is 1.28. The van der Waals surface area contributed by atoms with Gasteiger partial charge >= 0.3 is 0 Å².